The molecule has 5 nitrogen and oxygen atoms in total. The molecule has 1 aliphatic rings. The fourth-order valence-corrected chi connectivity index (χ4v) is 1.56. The molecule has 1 aliphatic heterocycles. The Morgan fingerprint density at radius 3 is 2.87 bits per heavy atom. The quantitative estimate of drug-likeness (QED) is 0.629. The van der Waals surface area contributed by atoms with Crippen LogP contribution in [0.2, 0.25) is 0 Å². The van der Waals surface area contributed by atoms with Gasteiger partial charge in [-0.25, -0.2) is 9.20 Å². The van der Waals surface area contributed by atoms with Crippen molar-refractivity contribution in [2.24, 2.45) is 0 Å². The van der Waals surface area contributed by atoms with Gasteiger partial charge in [-0.15, -0.1) is 0 Å². The van der Waals surface area contributed by atoms with Crippen molar-refractivity contribution in [2.45, 2.75) is 0 Å². The molecule has 0 bridgehead atoms. The third-order valence-electron chi connectivity index (χ3n) is 2.13. The van der Waals surface area contributed by atoms with Crippen LogP contribution in [0.3, 0.4) is 0 Å². The van der Waals surface area contributed by atoms with Crippen molar-refractivity contribution in [1.29, 1.82) is 0 Å². The molecule has 0 saturated carbocycles. The smallest absolute Gasteiger partial charge is 0.342 e. The Kier molecular flexibility index (Phi) is 1.39. The molecular weight excluding hydrogens is 198 g/mol. The molecule has 0 N–H and O–H groups in total. The van der Waals surface area contributed by atoms with E-state index in [0.29, 0.717) is 11.6 Å². The van der Waals surface area contributed by atoms with E-state index in [1.54, 1.807) is 10.5 Å². The van der Waals surface area contributed by atoms with Gasteiger partial charge in [0.05, 0.1) is 18.0 Å². The molecule has 0 saturated heterocycles. The Hall–Kier alpha value is -2.30. The van der Waals surface area contributed by atoms with Crippen molar-refractivity contribution in [3.05, 3.63) is 50.8 Å². The summed E-state index contributed by atoms with van der Waals surface area (Å²) in [4.78, 5) is 22.4. The van der Waals surface area contributed by atoms with Crippen LogP contribution < -0.4 is 15.8 Å². The van der Waals surface area contributed by atoms with Crippen LogP contribution in [0.25, 0.3) is 11.8 Å². The van der Waals surface area contributed by atoms with Gasteiger partial charge >= 0.3 is 5.63 Å². The molecule has 0 atom stereocenters. The van der Waals surface area contributed by atoms with Gasteiger partial charge in [-0.1, -0.05) is 0 Å². The fourth-order valence-electron chi connectivity index (χ4n) is 1.56. The first-order chi connectivity index (χ1) is 7.24. The van der Waals surface area contributed by atoms with E-state index in [0.717, 1.165) is 0 Å². The Labute approximate surface area is 82.8 Å². The third kappa shape index (κ3) is 1.10. The van der Waals surface area contributed by atoms with Crippen molar-refractivity contribution < 1.29 is 9.15 Å². The summed E-state index contributed by atoms with van der Waals surface area (Å²) >= 11 is 0. The minimum Gasteiger partial charge on any atom is -0.448 e. The fraction of sp³-hybridized carbons (Fsp3) is 0. The molecule has 0 spiro atoms. The van der Waals surface area contributed by atoms with E-state index < -0.39 is 5.63 Å². The zero-order valence-electron chi connectivity index (χ0n) is 7.47. The lowest BCUT2D eigenvalue weighted by molar-refractivity contribution is 0.423. The summed E-state index contributed by atoms with van der Waals surface area (Å²) in [5.41, 5.74) is 0.0561. The average molecular weight is 203 g/mol. The second-order valence-electron chi connectivity index (χ2n) is 3.11. The summed E-state index contributed by atoms with van der Waals surface area (Å²) in [7, 11) is 0. The molecule has 0 fully saturated rings. The van der Waals surface area contributed by atoms with Crippen molar-refractivity contribution in [2.75, 3.05) is 0 Å². The first-order valence-electron chi connectivity index (χ1n) is 4.28. The van der Waals surface area contributed by atoms with Crippen LogP contribution in [0.5, 0.6) is 5.88 Å². The largest absolute Gasteiger partial charge is 0.448 e. The van der Waals surface area contributed by atoms with Crippen molar-refractivity contribution in [3.8, 4) is 5.88 Å². The van der Waals surface area contributed by atoms with Crippen LogP contribution in [0, 0.1) is 0 Å². The second-order valence-corrected chi connectivity index (χ2v) is 3.11. The van der Waals surface area contributed by atoms with Crippen molar-refractivity contribution in [3.63, 3.8) is 0 Å². The molecule has 0 unspecified atom stereocenters. The number of nitrogens with zero attached hydrogens (tertiary/aromatic N) is 1. The monoisotopic (exact) mass is 203 g/mol. The van der Waals surface area contributed by atoms with Gasteiger partial charge in [0, 0.05) is 12.1 Å². The standard InChI is InChI=1S/C10H5NO4/c12-7-3-6-1-2-14-8-5-10(13)15-9(4-7)11(6)8/h1-5H. The summed E-state index contributed by atoms with van der Waals surface area (Å²) in [6, 6.07) is 3.91. The third-order valence-corrected chi connectivity index (χ3v) is 2.13. The van der Waals surface area contributed by atoms with E-state index in [2.05, 4.69) is 0 Å². The van der Waals surface area contributed by atoms with Crippen LogP contribution >= 0.6 is 0 Å². The predicted octanol–water partition coefficient (Wildman–Crippen LogP) is 0.616. The van der Waals surface area contributed by atoms with E-state index in [1.807, 2.05) is 0 Å². The molecule has 0 aliphatic carbocycles. The molecule has 0 radical (unpaired) electrons. The summed E-state index contributed by atoms with van der Waals surface area (Å²) < 4.78 is 11.6. The Balaban J connectivity index is 2.63. The molecule has 3 heterocycles. The van der Waals surface area contributed by atoms with Crippen LogP contribution in [-0.4, -0.2) is 4.40 Å². The molecule has 0 amide bonds. The lowest BCUT2D eigenvalue weighted by atomic mass is 10.3. The maximum Gasteiger partial charge on any atom is 0.342 e. The lowest BCUT2D eigenvalue weighted by Gasteiger charge is -2.12. The van der Waals surface area contributed by atoms with Gasteiger partial charge in [0.25, 0.3) is 0 Å². The Bertz CT molecular complexity index is 687. The highest BCUT2D eigenvalue weighted by Crippen LogP contribution is 2.18. The normalized spacial score (nSPS) is 12.8. The predicted molar refractivity (Wildman–Crippen MR) is 51.9 cm³/mol. The number of pyridine rings is 1. The minimum atomic E-state index is -0.545. The summed E-state index contributed by atoms with van der Waals surface area (Å²) in [5.74, 6) is 0.346. The summed E-state index contributed by atoms with van der Waals surface area (Å²) in [6.07, 6.45) is 3.05. The van der Waals surface area contributed by atoms with Crippen molar-refractivity contribution >= 4 is 11.8 Å². The van der Waals surface area contributed by atoms with E-state index in [-0.39, 0.29) is 11.1 Å². The topological polar surface area (TPSA) is 60.9 Å². The van der Waals surface area contributed by atoms with Gasteiger partial charge in [0.15, 0.2) is 5.43 Å². The van der Waals surface area contributed by atoms with Gasteiger partial charge in [-0.3, -0.25) is 4.79 Å². The van der Waals surface area contributed by atoms with Crippen LogP contribution in [0.15, 0.2) is 38.5 Å². The van der Waals surface area contributed by atoms with Gasteiger partial charge < -0.3 is 9.15 Å². The van der Waals surface area contributed by atoms with Crippen LogP contribution in [0.1, 0.15) is 5.69 Å². The number of hydrogen-bond acceptors (Lipinski definition) is 4. The van der Waals surface area contributed by atoms with E-state index in [9.17, 15) is 9.59 Å². The zero-order chi connectivity index (χ0) is 10.4. The summed E-state index contributed by atoms with van der Waals surface area (Å²) in [5, 5.41) is 0. The first kappa shape index (κ1) is 8.05. The highest BCUT2D eigenvalue weighted by molar-refractivity contribution is 5.54. The van der Waals surface area contributed by atoms with E-state index in [1.165, 1.54) is 24.5 Å². The number of hydrogen-bond donors (Lipinski definition) is 0. The molecule has 74 valence electrons. The lowest BCUT2D eigenvalue weighted by Crippen LogP contribution is -2.13. The maximum atomic E-state index is 11.3. The molecule has 3 rings (SSSR count). The van der Waals surface area contributed by atoms with Gasteiger partial charge in [0.2, 0.25) is 11.6 Å². The molecule has 5 heteroatoms. The van der Waals surface area contributed by atoms with Gasteiger partial charge in [-0.2, -0.15) is 0 Å². The van der Waals surface area contributed by atoms with E-state index in [4.69, 9.17) is 9.15 Å². The van der Waals surface area contributed by atoms with Gasteiger partial charge in [0.1, 0.15) is 0 Å². The second kappa shape index (κ2) is 2.60. The highest BCUT2D eigenvalue weighted by Gasteiger charge is 2.11. The number of aromatic nitrogens is 1. The molecular formula is C10H5NO4. The highest BCUT2D eigenvalue weighted by atomic mass is 16.5. The first-order valence-corrected chi connectivity index (χ1v) is 4.28. The Morgan fingerprint density at radius 2 is 2.00 bits per heavy atom. The van der Waals surface area contributed by atoms with Crippen LogP contribution in [-0.2, 0) is 0 Å². The Morgan fingerprint density at radius 1 is 1.13 bits per heavy atom. The van der Waals surface area contributed by atoms with Gasteiger partial charge in [-0.05, 0) is 6.08 Å². The SMILES string of the molecule is O=c1cc2n3c(cc(=O)oc3c1)OC=C2. The van der Waals surface area contributed by atoms with Crippen molar-refractivity contribution in [1.82, 2.24) is 4.40 Å². The summed E-state index contributed by atoms with van der Waals surface area (Å²) in [6.45, 7) is 0. The maximum absolute atomic E-state index is 11.3. The molecule has 15 heavy (non-hydrogen) atoms. The molecule has 0 aromatic carbocycles. The average Bonchev–Trinajstić information content (AvgIpc) is 2.16. The van der Waals surface area contributed by atoms with E-state index >= 15 is 0 Å². The minimum absolute atomic E-state index is 0.185. The number of ether oxygens (including phenoxy) is 1. The zero-order valence-corrected chi connectivity index (χ0v) is 7.47. The number of rotatable bonds is 0. The molecule has 2 aromatic rings. The van der Waals surface area contributed by atoms with Crippen LogP contribution in [0.4, 0.5) is 0 Å². The molecule has 2 aromatic heterocycles.